The first kappa shape index (κ1) is 29.0. The zero-order chi connectivity index (χ0) is 30.2. The first-order valence-electron chi connectivity index (χ1n) is 14.0. The molecular formula is C30H36N8O4. The average molecular weight is 573 g/mol. The molecule has 1 aromatic carbocycles. The molecule has 4 aromatic rings. The Bertz CT molecular complexity index is 1850. The maximum atomic E-state index is 14.1. The van der Waals surface area contributed by atoms with Crippen molar-refractivity contribution in [1.82, 2.24) is 28.7 Å². The van der Waals surface area contributed by atoms with Crippen LogP contribution in [0.5, 0.6) is 0 Å². The highest BCUT2D eigenvalue weighted by atomic mass is 16.6. The van der Waals surface area contributed by atoms with Gasteiger partial charge in [-0.1, -0.05) is 24.1 Å². The second kappa shape index (κ2) is 11.4. The van der Waals surface area contributed by atoms with Gasteiger partial charge in [-0.2, -0.15) is 4.98 Å². The Morgan fingerprint density at radius 1 is 1.12 bits per heavy atom. The van der Waals surface area contributed by atoms with Crippen LogP contribution in [0.2, 0.25) is 0 Å². The maximum Gasteiger partial charge on any atom is 0.333 e. The van der Waals surface area contributed by atoms with Gasteiger partial charge in [-0.25, -0.2) is 14.8 Å². The molecule has 1 fully saturated rings. The van der Waals surface area contributed by atoms with Gasteiger partial charge >= 0.3 is 11.7 Å². The minimum Gasteiger partial charge on any atom is -0.459 e. The van der Waals surface area contributed by atoms with Gasteiger partial charge in [0, 0.05) is 30.2 Å². The first-order valence-corrected chi connectivity index (χ1v) is 14.0. The van der Waals surface area contributed by atoms with Crippen LogP contribution in [0, 0.1) is 18.8 Å². The van der Waals surface area contributed by atoms with Crippen molar-refractivity contribution < 1.29 is 9.53 Å². The van der Waals surface area contributed by atoms with Crippen molar-refractivity contribution in [2.75, 3.05) is 18.0 Å². The predicted molar refractivity (Wildman–Crippen MR) is 160 cm³/mol. The number of ether oxygens (including phenoxy) is 1. The van der Waals surface area contributed by atoms with Crippen LogP contribution in [0.4, 0.5) is 5.95 Å². The van der Waals surface area contributed by atoms with Crippen molar-refractivity contribution in [2.24, 2.45) is 5.73 Å². The molecule has 12 nitrogen and oxygen atoms in total. The summed E-state index contributed by atoms with van der Waals surface area (Å²) in [5.41, 5.74) is 5.92. The van der Waals surface area contributed by atoms with E-state index in [4.69, 9.17) is 15.5 Å². The standard InChI is InChI=1S/C30H36N8O4/c1-6-7-15-36-25-26(34-28(36)35-14-10-11-20(31)16-35)37(18-24(39)42-30(3,4)5)29(41)38(27(25)40)17-23-32-19(2)21-12-8-9-13-22(21)33-23/h8-9,12-13,20H,10-11,14-18,31H2,1-5H3. The Kier molecular flexibility index (Phi) is 7.88. The third kappa shape index (κ3) is 5.78. The van der Waals surface area contributed by atoms with Crippen LogP contribution in [-0.4, -0.2) is 59.4 Å². The molecule has 0 radical (unpaired) electrons. The highest BCUT2D eigenvalue weighted by molar-refractivity contribution is 5.80. The van der Waals surface area contributed by atoms with E-state index >= 15 is 0 Å². The minimum absolute atomic E-state index is 0.0572. The number of nitrogens with zero attached hydrogens (tertiary/aromatic N) is 7. The quantitative estimate of drug-likeness (QED) is 0.271. The van der Waals surface area contributed by atoms with Crippen LogP contribution in [0.3, 0.4) is 0 Å². The van der Waals surface area contributed by atoms with Gasteiger partial charge in [-0.15, -0.1) is 5.92 Å². The molecule has 1 aliphatic heterocycles. The summed E-state index contributed by atoms with van der Waals surface area (Å²) in [4.78, 5) is 57.1. The van der Waals surface area contributed by atoms with Crippen LogP contribution in [-0.2, 0) is 29.2 Å². The molecule has 0 saturated carbocycles. The summed E-state index contributed by atoms with van der Waals surface area (Å²) in [6.07, 6.45) is 1.74. The van der Waals surface area contributed by atoms with Crippen LogP contribution in [0.1, 0.15) is 52.1 Å². The van der Waals surface area contributed by atoms with Crippen molar-refractivity contribution in [2.45, 2.75) is 78.7 Å². The van der Waals surface area contributed by atoms with Gasteiger partial charge in [0.15, 0.2) is 11.2 Å². The minimum atomic E-state index is -0.768. The number of aryl methyl sites for hydroxylation is 1. The Morgan fingerprint density at radius 2 is 1.88 bits per heavy atom. The molecule has 3 aromatic heterocycles. The molecule has 0 bridgehead atoms. The molecule has 42 heavy (non-hydrogen) atoms. The molecule has 1 aliphatic rings. The van der Waals surface area contributed by atoms with Gasteiger partial charge in [-0.3, -0.25) is 23.3 Å². The fourth-order valence-corrected chi connectivity index (χ4v) is 5.31. The SMILES string of the molecule is CC#CCn1c(N2CCCC(N)C2)nc2c1c(=O)n(Cc1nc(C)c3ccccc3n1)c(=O)n2CC(=O)OC(C)(C)C. The number of fused-ring (bicyclic) bond motifs is 2. The molecule has 1 unspecified atom stereocenters. The third-order valence-electron chi connectivity index (χ3n) is 7.10. The van der Waals surface area contributed by atoms with Crippen molar-refractivity contribution in [1.29, 1.82) is 0 Å². The summed E-state index contributed by atoms with van der Waals surface area (Å²) < 4.78 is 9.50. The van der Waals surface area contributed by atoms with E-state index in [2.05, 4.69) is 21.8 Å². The smallest absolute Gasteiger partial charge is 0.333 e. The lowest BCUT2D eigenvalue weighted by Crippen LogP contribution is -2.44. The largest absolute Gasteiger partial charge is 0.459 e. The van der Waals surface area contributed by atoms with Gasteiger partial charge in [0.25, 0.3) is 5.56 Å². The number of esters is 1. The number of benzene rings is 1. The van der Waals surface area contributed by atoms with Crippen LogP contribution in [0.15, 0.2) is 33.9 Å². The molecule has 0 amide bonds. The van der Waals surface area contributed by atoms with E-state index in [1.165, 1.54) is 4.57 Å². The fraction of sp³-hybridized carbons (Fsp3) is 0.467. The highest BCUT2D eigenvalue weighted by Crippen LogP contribution is 2.23. The average Bonchev–Trinajstić information content (AvgIpc) is 3.31. The first-order chi connectivity index (χ1) is 20.0. The maximum absolute atomic E-state index is 14.1. The lowest BCUT2D eigenvalue weighted by Gasteiger charge is -2.31. The van der Waals surface area contributed by atoms with Gasteiger partial charge in [0.1, 0.15) is 18.0 Å². The fourth-order valence-electron chi connectivity index (χ4n) is 5.31. The summed E-state index contributed by atoms with van der Waals surface area (Å²) in [6.45, 7) is 9.59. The number of hydrogen-bond acceptors (Lipinski definition) is 9. The Hall–Kier alpha value is -4.50. The second-order valence-electron chi connectivity index (χ2n) is 11.5. The van der Waals surface area contributed by atoms with E-state index < -0.39 is 29.4 Å². The highest BCUT2D eigenvalue weighted by Gasteiger charge is 2.28. The number of carbonyl (C=O) groups excluding carboxylic acids is 1. The van der Waals surface area contributed by atoms with Crippen molar-refractivity contribution in [3.63, 3.8) is 0 Å². The molecule has 4 heterocycles. The van der Waals surface area contributed by atoms with Gasteiger partial charge in [0.2, 0.25) is 5.95 Å². The molecule has 12 heteroatoms. The molecule has 0 aliphatic carbocycles. The van der Waals surface area contributed by atoms with E-state index in [9.17, 15) is 14.4 Å². The van der Waals surface area contributed by atoms with Crippen LogP contribution in [0.25, 0.3) is 22.1 Å². The lowest BCUT2D eigenvalue weighted by atomic mass is 10.1. The van der Waals surface area contributed by atoms with Crippen molar-refractivity contribution in [3.8, 4) is 11.8 Å². The Labute approximate surface area is 243 Å². The molecule has 1 atom stereocenters. The molecular weight excluding hydrogens is 536 g/mol. The van der Waals surface area contributed by atoms with E-state index in [1.54, 1.807) is 32.3 Å². The Morgan fingerprint density at radius 3 is 2.60 bits per heavy atom. The zero-order valence-electron chi connectivity index (χ0n) is 24.7. The van der Waals surface area contributed by atoms with E-state index in [0.29, 0.717) is 30.4 Å². The zero-order valence-corrected chi connectivity index (χ0v) is 24.7. The second-order valence-corrected chi connectivity index (χ2v) is 11.5. The number of rotatable bonds is 6. The molecule has 220 valence electrons. The summed E-state index contributed by atoms with van der Waals surface area (Å²) in [5.74, 6) is 6.06. The number of para-hydroxylation sites is 1. The predicted octanol–water partition coefficient (Wildman–Crippen LogP) is 1.95. The Balaban J connectivity index is 1.74. The molecule has 1 saturated heterocycles. The third-order valence-corrected chi connectivity index (χ3v) is 7.10. The van der Waals surface area contributed by atoms with E-state index in [0.717, 1.165) is 28.5 Å². The summed E-state index contributed by atoms with van der Waals surface area (Å²) in [6, 6.07) is 7.49. The van der Waals surface area contributed by atoms with E-state index in [-0.39, 0.29) is 30.3 Å². The summed E-state index contributed by atoms with van der Waals surface area (Å²) in [7, 11) is 0. The van der Waals surface area contributed by atoms with E-state index in [1.807, 2.05) is 36.1 Å². The summed E-state index contributed by atoms with van der Waals surface area (Å²) in [5, 5.41) is 0.881. The van der Waals surface area contributed by atoms with Crippen LogP contribution >= 0.6 is 0 Å². The van der Waals surface area contributed by atoms with Gasteiger partial charge < -0.3 is 15.4 Å². The lowest BCUT2D eigenvalue weighted by molar-refractivity contribution is -0.155. The van der Waals surface area contributed by atoms with Gasteiger partial charge in [0.05, 0.1) is 18.6 Å². The number of piperidine rings is 1. The van der Waals surface area contributed by atoms with Gasteiger partial charge in [-0.05, 0) is 53.5 Å². The number of nitrogens with two attached hydrogens (primary N) is 1. The normalized spacial score (nSPS) is 15.6. The topological polar surface area (TPSA) is 143 Å². The number of hydrogen-bond donors (Lipinski definition) is 1. The number of carbonyl (C=O) groups is 1. The molecule has 5 rings (SSSR count). The number of imidazole rings is 1. The van der Waals surface area contributed by atoms with Crippen LogP contribution < -0.4 is 21.9 Å². The summed E-state index contributed by atoms with van der Waals surface area (Å²) >= 11 is 0. The van der Waals surface area contributed by atoms with Crippen molar-refractivity contribution in [3.05, 3.63) is 56.6 Å². The van der Waals surface area contributed by atoms with Crippen molar-refractivity contribution >= 4 is 34.0 Å². The molecule has 2 N–H and O–H groups in total. The molecule has 0 spiro atoms. The monoisotopic (exact) mass is 572 g/mol. The number of anilines is 1. The number of aromatic nitrogens is 6.